The van der Waals surface area contributed by atoms with Crippen LogP contribution in [0.15, 0.2) is 66.7 Å². The second kappa shape index (κ2) is 10.9. The molecule has 0 spiro atoms. The van der Waals surface area contributed by atoms with Gasteiger partial charge in [0.1, 0.15) is 12.4 Å². The second-order valence-electron chi connectivity index (χ2n) is 8.01. The van der Waals surface area contributed by atoms with Crippen LogP contribution in [0, 0.1) is 19.7 Å². The highest BCUT2D eigenvalue weighted by molar-refractivity contribution is 6.04. The van der Waals surface area contributed by atoms with Gasteiger partial charge in [-0.05, 0) is 62.7 Å². The number of aromatic nitrogens is 3. The predicted octanol–water partition coefficient (Wildman–Crippen LogP) is 5.36. The zero-order chi connectivity index (χ0) is 24.8. The Morgan fingerprint density at radius 2 is 1.83 bits per heavy atom. The van der Waals surface area contributed by atoms with E-state index < -0.39 is 0 Å². The predicted molar refractivity (Wildman–Crippen MR) is 133 cm³/mol. The molecule has 3 aromatic carbocycles. The Hall–Kier alpha value is -4.04. The van der Waals surface area contributed by atoms with Crippen LogP contribution in [0.2, 0.25) is 0 Å². The maximum absolute atomic E-state index is 13.6. The minimum atomic E-state index is -0.349. The number of amides is 1. The molecular formula is C27H27FN4O3. The van der Waals surface area contributed by atoms with Crippen LogP contribution in [0.25, 0.3) is 17.1 Å². The molecule has 0 fully saturated rings. The Balaban J connectivity index is 1.63. The molecule has 1 aromatic heterocycles. The van der Waals surface area contributed by atoms with Crippen molar-refractivity contribution in [3.63, 3.8) is 0 Å². The number of carbonyl (C=O) groups excluding carboxylic acids is 1. The summed E-state index contributed by atoms with van der Waals surface area (Å²) in [6, 6.07) is 19.7. The third-order valence-electron chi connectivity index (χ3n) is 5.33. The quantitative estimate of drug-likeness (QED) is 0.331. The zero-order valence-corrected chi connectivity index (χ0v) is 19.9. The lowest BCUT2D eigenvalue weighted by Gasteiger charge is -2.10. The average molecular weight is 475 g/mol. The summed E-state index contributed by atoms with van der Waals surface area (Å²) in [5.41, 5.74) is 4.06. The number of aryl methyl sites for hydroxylation is 2. The second-order valence-corrected chi connectivity index (χ2v) is 8.01. The molecule has 4 rings (SSSR count). The van der Waals surface area contributed by atoms with Gasteiger partial charge in [-0.2, -0.15) is 4.98 Å². The molecule has 0 aliphatic heterocycles. The number of halogens is 1. The summed E-state index contributed by atoms with van der Waals surface area (Å²) in [6.07, 6.45) is 0. The average Bonchev–Trinajstić information content (AvgIpc) is 3.28. The van der Waals surface area contributed by atoms with Crippen molar-refractivity contribution in [2.24, 2.45) is 0 Å². The molecule has 4 aromatic rings. The Kier molecular flexibility index (Phi) is 7.52. The number of nitrogens with zero attached hydrogens (tertiary/aromatic N) is 3. The van der Waals surface area contributed by atoms with E-state index in [1.165, 1.54) is 18.2 Å². The van der Waals surface area contributed by atoms with Crippen LogP contribution in [0.1, 0.15) is 28.4 Å². The van der Waals surface area contributed by atoms with Gasteiger partial charge < -0.3 is 14.8 Å². The van der Waals surface area contributed by atoms with E-state index in [0.717, 1.165) is 11.1 Å². The van der Waals surface area contributed by atoms with Gasteiger partial charge in [0.05, 0.1) is 12.3 Å². The lowest BCUT2D eigenvalue weighted by molar-refractivity contribution is 0.102. The van der Waals surface area contributed by atoms with Crippen LogP contribution in [0.4, 0.5) is 10.1 Å². The number of ether oxygens (including phenoxy) is 2. The van der Waals surface area contributed by atoms with Crippen molar-refractivity contribution in [1.82, 2.24) is 14.8 Å². The molecule has 0 saturated heterocycles. The smallest absolute Gasteiger partial charge is 0.336 e. The molecule has 8 heteroatoms. The molecule has 0 unspecified atom stereocenters. The highest BCUT2D eigenvalue weighted by Gasteiger charge is 2.16. The number of rotatable bonds is 9. The van der Waals surface area contributed by atoms with Gasteiger partial charge in [0.15, 0.2) is 5.82 Å². The summed E-state index contributed by atoms with van der Waals surface area (Å²) in [5, 5.41) is 7.42. The minimum Gasteiger partial charge on any atom is -0.460 e. The molecule has 0 aliphatic carbocycles. The first kappa shape index (κ1) is 24.1. The van der Waals surface area contributed by atoms with Crippen LogP contribution in [-0.4, -0.2) is 40.5 Å². The van der Waals surface area contributed by atoms with E-state index in [1.54, 1.807) is 23.7 Å². The first-order chi connectivity index (χ1) is 16.9. The SMILES string of the molecule is CCOCCOc1nc(-c2ccc(C)cc2)n(-c2cccc(NC(=O)c3ccc(F)c(C)c3)c2)n1. The van der Waals surface area contributed by atoms with Crippen molar-refractivity contribution in [3.8, 4) is 23.1 Å². The van der Waals surface area contributed by atoms with E-state index in [1.807, 2.05) is 50.2 Å². The fourth-order valence-electron chi connectivity index (χ4n) is 3.46. The lowest BCUT2D eigenvalue weighted by atomic mass is 10.1. The van der Waals surface area contributed by atoms with E-state index in [4.69, 9.17) is 9.47 Å². The number of hydrogen-bond donors (Lipinski definition) is 1. The van der Waals surface area contributed by atoms with E-state index in [-0.39, 0.29) is 17.7 Å². The molecule has 1 heterocycles. The molecule has 0 bridgehead atoms. The van der Waals surface area contributed by atoms with Crippen LogP contribution < -0.4 is 10.1 Å². The normalized spacial score (nSPS) is 10.9. The number of benzene rings is 3. The third kappa shape index (κ3) is 5.91. The van der Waals surface area contributed by atoms with Crippen LogP contribution >= 0.6 is 0 Å². The summed E-state index contributed by atoms with van der Waals surface area (Å²) in [5.74, 6) is -0.0748. The standard InChI is InChI=1S/C27H27FN4O3/c1-4-34-14-15-35-27-30-25(20-10-8-18(2)9-11-20)32(31-27)23-7-5-6-22(17-23)29-26(33)21-12-13-24(28)19(3)16-21/h5-13,16-17H,4,14-15H2,1-3H3,(H,29,33). The fourth-order valence-corrected chi connectivity index (χ4v) is 3.46. The molecule has 0 saturated carbocycles. The van der Waals surface area contributed by atoms with Gasteiger partial charge in [0.2, 0.25) is 0 Å². The first-order valence-electron chi connectivity index (χ1n) is 11.4. The topological polar surface area (TPSA) is 78.3 Å². The Bertz CT molecular complexity index is 1320. The largest absolute Gasteiger partial charge is 0.460 e. The van der Waals surface area contributed by atoms with Crippen molar-refractivity contribution in [2.75, 3.05) is 25.1 Å². The van der Waals surface area contributed by atoms with Crippen molar-refractivity contribution in [2.45, 2.75) is 20.8 Å². The van der Waals surface area contributed by atoms with Crippen LogP contribution in [-0.2, 0) is 4.74 Å². The van der Waals surface area contributed by atoms with Crippen LogP contribution in [0.3, 0.4) is 0 Å². The maximum atomic E-state index is 13.6. The van der Waals surface area contributed by atoms with Gasteiger partial charge in [-0.1, -0.05) is 35.9 Å². The monoisotopic (exact) mass is 474 g/mol. The Morgan fingerprint density at radius 1 is 1.03 bits per heavy atom. The molecular weight excluding hydrogens is 447 g/mol. The van der Waals surface area contributed by atoms with E-state index in [2.05, 4.69) is 15.4 Å². The molecule has 1 amide bonds. The van der Waals surface area contributed by atoms with E-state index in [0.29, 0.717) is 48.1 Å². The molecule has 35 heavy (non-hydrogen) atoms. The van der Waals surface area contributed by atoms with E-state index >= 15 is 0 Å². The summed E-state index contributed by atoms with van der Waals surface area (Å²) in [6.45, 7) is 6.94. The van der Waals surface area contributed by atoms with Gasteiger partial charge >= 0.3 is 6.01 Å². The summed E-state index contributed by atoms with van der Waals surface area (Å²) >= 11 is 0. The van der Waals surface area contributed by atoms with Crippen molar-refractivity contribution >= 4 is 11.6 Å². The van der Waals surface area contributed by atoms with Crippen molar-refractivity contribution < 1.29 is 18.7 Å². The van der Waals surface area contributed by atoms with Crippen molar-refractivity contribution in [3.05, 3.63) is 89.2 Å². The number of carbonyl (C=O) groups is 1. The molecule has 1 N–H and O–H groups in total. The van der Waals surface area contributed by atoms with Gasteiger partial charge in [-0.25, -0.2) is 9.07 Å². The third-order valence-corrected chi connectivity index (χ3v) is 5.33. The van der Waals surface area contributed by atoms with Crippen molar-refractivity contribution in [1.29, 1.82) is 0 Å². The van der Waals surface area contributed by atoms with Gasteiger partial charge in [0.25, 0.3) is 5.91 Å². The zero-order valence-electron chi connectivity index (χ0n) is 19.9. The molecule has 0 aliphatic rings. The molecule has 7 nitrogen and oxygen atoms in total. The number of anilines is 1. The highest BCUT2D eigenvalue weighted by atomic mass is 19.1. The maximum Gasteiger partial charge on any atom is 0.336 e. The fraction of sp³-hybridized carbons (Fsp3) is 0.222. The first-order valence-corrected chi connectivity index (χ1v) is 11.4. The van der Waals surface area contributed by atoms with Gasteiger partial charge in [-0.3, -0.25) is 4.79 Å². The van der Waals surface area contributed by atoms with Gasteiger partial charge in [0, 0.05) is 23.4 Å². The number of nitrogens with one attached hydrogen (secondary N) is 1. The molecule has 0 atom stereocenters. The Labute approximate surface area is 203 Å². The summed E-state index contributed by atoms with van der Waals surface area (Å²) < 4.78 is 26.3. The number of hydrogen-bond acceptors (Lipinski definition) is 5. The molecule has 0 radical (unpaired) electrons. The van der Waals surface area contributed by atoms with Crippen LogP contribution in [0.5, 0.6) is 6.01 Å². The summed E-state index contributed by atoms with van der Waals surface area (Å²) in [4.78, 5) is 17.3. The minimum absolute atomic E-state index is 0.233. The van der Waals surface area contributed by atoms with Gasteiger partial charge in [-0.15, -0.1) is 5.10 Å². The lowest BCUT2D eigenvalue weighted by Crippen LogP contribution is -2.12. The Morgan fingerprint density at radius 3 is 2.57 bits per heavy atom. The highest BCUT2D eigenvalue weighted by Crippen LogP contribution is 2.25. The molecule has 180 valence electrons. The summed E-state index contributed by atoms with van der Waals surface area (Å²) in [7, 11) is 0. The van der Waals surface area contributed by atoms with E-state index in [9.17, 15) is 9.18 Å².